The van der Waals surface area contributed by atoms with Crippen LogP contribution >= 0.6 is 0 Å². The zero-order chi connectivity index (χ0) is 14.5. The number of rotatable bonds is 3. The Balaban J connectivity index is 1.92. The van der Waals surface area contributed by atoms with Gasteiger partial charge in [0.15, 0.2) is 6.04 Å². The zero-order valence-corrected chi connectivity index (χ0v) is 11.8. The van der Waals surface area contributed by atoms with Gasteiger partial charge in [0.05, 0.1) is 19.8 Å². The average Bonchev–Trinajstić information content (AvgIpc) is 2.47. The predicted molar refractivity (Wildman–Crippen MR) is 70.5 cm³/mol. The van der Waals surface area contributed by atoms with E-state index in [4.69, 9.17) is 14.6 Å². The van der Waals surface area contributed by atoms with Gasteiger partial charge in [0.2, 0.25) is 0 Å². The first-order valence-corrected chi connectivity index (χ1v) is 6.99. The summed E-state index contributed by atoms with van der Waals surface area (Å²) in [6.07, 6.45) is 2.06. The van der Waals surface area contributed by atoms with Gasteiger partial charge in [-0.05, 0) is 12.8 Å². The minimum atomic E-state index is -1.02. The van der Waals surface area contributed by atoms with Crippen molar-refractivity contribution in [2.24, 2.45) is 5.92 Å². The standard InChI is InChI=1S/C13H22N2O5/c1-14(7-10-3-2-5-19-8-10)13(18)15-4-6-20-9-11(15)12(16)17/h10-11H,2-9H2,1H3,(H,16,17). The Morgan fingerprint density at radius 2 is 2.05 bits per heavy atom. The highest BCUT2D eigenvalue weighted by atomic mass is 16.5. The number of carbonyl (C=O) groups excluding carboxylic acids is 1. The Bertz CT molecular complexity index is 357. The maximum atomic E-state index is 12.4. The number of carbonyl (C=O) groups is 2. The molecule has 7 nitrogen and oxygen atoms in total. The third kappa shape index (κ3) is 3.61. The SMILES string of the molecule is CN(CC1CCCOC1)C(=O)N1CCOCC1C(=O)O. The van der Waals surface area contributed by atoms with Gasteiger partial charge in [-0.1, -0.05) is 0 Å². The van der Waals surface area contributed by atoms with E-state index in [1.807, 2.05) is 0 Å². The molecule has 0 aromatic carbocycles. The van der Waals surface area contributed by atoms with Gasteiger partial charge in [-0.3, -0.25) is 0 Å². The molecular formula is C13H22N2O5. The lowest BCUT2D eigenvalue weighted by molar-refractivity contribution is -0.147. The van der Waals surface area contributed by atoms with Gasteiger partial charge in [-0.25, -0.2) is 9.59 Å². The summed E-state index contributed by atoms with van der Waals surface area (Å²) in [4.78, 5) is 26.5. The summed E-state index contributed by atoms with van der Waals surface area (Å²) >= 11 is 0. The summed E-state index contributed by atoms with van der Waals surface area (Å²) in [7, 11) is 1.71. The van der Waals surface area contributed by atoms with Crippen molar-refractivity contribution in [3.63, 3.8) is 0 Å². The fourth-order valence-electron chi connectivity index (χ4n) is 2.67. The molecule has 2 rings (SSSR count). The molecule has 1 N–H and O–H groups in total. The van der Waals surface area contributed by atoms with Crippen LogP contribution in [0.4, 0.5) is 4.79 Å². The van der Waals surface area contributed by atoms with E-state index in [2.05, 4.69) is 0 Å². The maximum Gasteiger partial charge on any atom is 0.328 e. The minimum Gasteiger partial charge on any atom is -0.480 e. The molecule has 2 saturated heterocycles. The third-order valence-electron chi connectivity index (χ3n) is 3.77. The molecule has 0 saturated carbocycles. The van der Waals surface area contributed by atoms with Crippen LogP contribution in [-0.2, 0) is 14.3 Å². The predicted octanol–water partition coefficient (Wildman–Crippen LogP) is 0.250. The van der Waals surface area contributed by atoms with Crippen molar-refractivity contribution in [3.05, 3.63) is 0 Å². The van der Waals surface area contributed by atoms with Crippen LogP contribution in [0.1, 0.15) is 12.8 Å². The molecule has 2 heterocycles. The molecule has 0 spiro atoms. The van der Waals surface area contributed by atoms with Gasteiger partial charge >= 0.3 is 12.0 Å². The van der Waals surface area contributed by atoms with Crippen LogP contribution in [0, 0.1) is 5.92 Å². The van der Waals surface area contributed by atoms with Gasteiger partial charge in [-0.15, -0.1) is 0 Å². The molecule has 2 fully saturated rings. The molecule has 2 atom stereocenters. The highest BCUT2D eigenvalue weighted by Gasteiger charge is 2.34. The molecule has 2 aliphatic heterocycles. The molecule has 0 aromatic rings. The number of hydrogen-bond acceptors (Lipinski definition) is 4. The Hall–Kier alpha value is -1.34. The number of urea groups is 1. The number of carboxylic acids is 1. The van der Waals surface area contributed by atoms with Crippen LogP contribution in [-0.4, -0.2) is 79.5 Å². The summed E-state index contributed by atoms with van der Waals surface area (Å²) in [5, 5.41) is 9.15. The molecule has 2 unspecified atom stereocenters. The second-order valence-corrected chi connectivity index (χ2v) is 5.37. The normalized spacial score (nSPS) is 27.1. The highest BCUT2D eigenvalue weighted by molar-refractivity contribution is 5.83. The van der Waals surface area contributed by atoms with Crippen molar-refractivity contribution >= 4 is 12.0 Å². The molecule has 20 heavy (non-hydrogen) atoms. The van der Waals surface area contributed by atoms with Crippen LogP contribution < -0.4 is 0 Å². The fourth-order valence-corrected chi connectivity index (χ4v) is 2.67. The number of hydrogen-bond donors (Lipinski definition) is 1. The van der Waals surface area contributed by atoms with E-state index < -0.39 is 12.0 Å². The van der Waals surface area contributed by atoms with E-state index in [0.29, 0.717) is 32.2 Å². The Morgan fingerprint density at radius 3 is 2.70 bits per heavy atom. The van der Waals surface area contributed by atoms with Crippen LogP contribution in [0.2, 0.25) is 0 Å². The largest absolute Gasteiger partial charge is 0.480 e. The first kappa shape index (κ1) is 15.1. The zero-order valence-electron chi connectivity index (χ0n) is 11.8. The summed E-state index contributed by atoms with van der Waals surface area (Å²) in [5.74, 6) is -0.686. The molecule has 0 aromatic heterocycles. The number of nitrogens with zero attached hydrogens (tertiary/aromatic N) is 2. The minimum absolute atomic E-state index is 0.0570. The first-order valence-electron chi connectivity index (χ1n) is 6.99. The lowest BCUT2D eigenvalue weighted by Crippen LogP contribution is -2.56. The summed E-state index contributed by atoms with van der Waals surface area (Å²) in [6, 6.07) is -1.13. The molecular weight excluding hydrogens is 264 g/mol. The summed E-state index contributed by atoms with van der Waals surface area (Å²) in [5.41, 5.74) is 0. The number of aliphatic carboxylic acids is 1. The topological polar surface area (TPSA) is 79.3 Å². The van der Waals surface area contributed by atoms with E-state index in [0.717, 1.165) is 19.4 Å². The Kier molecular flexibility index (Phi) is 5.19. The Labute approximate surface area is 118 Å². The van der Waals surface area contributed by atoms with Crippen molar-refractivity contribution < 1.29 is 24.2 Å². The average molecular weight is 286 g/mol. The molecule has 0 bridgehead atoms. The number of ether oxygens (including phenoxy) is 2. The van der Waals surface area contributed by atoms with Crippen molar-refractivity contribution in [2.75, 3.05) is 46.6 Å². The summed E-state index contributed by atoms with van der Waals surface area (Å²) < 4.78 is 10.5. The Morgan fingerprint density at radius 1 is 1.30 bits per heavy atom. The van der Waals surface area contributed by atoms with Crippen LogP contribution in [0.5, 0.6) is 0 Å². The van der Waals surface area contributed by atoms with Gasteiger partial charge in [-0.2, -0.15) is 0 Å². The van der Waals surface area contributed by atoms with Gasteiger partial charge in [0.1, 0.15) is 0 Å². The van der Waals surface area contributed by atoms with Crippen molar-refractivity contribution in [3.8, 4) is 0 Å². The number of amides is 2. The molecule has 0 radical (unpaired) electrons. The van der Waals surface area contributed by atoms with Gasteiger partial charge < -0.3 is 24.4 Å². The van der Waals surface area contributed by atoms with Gasteiger partial charge in [0, 0.05) is 32.7 Å². The van der Waals surface area contributed by atoms with E-state index >= 15 is 0 Å². The van der Waals surface area contributed by atoms with E-state index in [-0.39, 0.29) is 12.6 Å². The number of carboxylic acid groups (broad SMARTS) is 1. The van der Waals surface area contributed by atoms with Crippen molar-refractivity contribution in [1.29, 1.82) is 0 Å². The molecule has 0 aliphatic carbocycles. The van der Waals surface area contributed by atoms with Gasteiger partial charge in [0.25, 0.3) is 0 Å². The third-order valence-corrected chi connectivity index (χ3v) is 3.77. The lowest BCUT2D eigenvalue weighted by atomic mass is 10.0. The van der Waals surface area contributed by atoms with Crippen LogP contribution in [0.3, 0.4) is 0 Å². The van der Waals surface area contributed by atoms with Crippen LogP contribution in [0.15, 0.2) is 0 Å². The second-order valence-electron chi connectivity index (χ2n) is 5.37. The van der Waals surface area contributed by atoms with Crippen molar-refractivity contribution in [1.82, 2.24) is 9.80 Å². The van der Waals surface area contributed by atoms with E-state index in [1.54, 1.807) is 11.9 Å². The molecule has 114 valence electrons. The van der Waals surface area contributed by atoms with Crippen molar-refractivity contribution in [2.45, 2.75) is 18.9 Å². The quantitative estimate of drug-likeness (QED) is 0.804. The molecule has 2 amide bonds. The van der Waals surface area contributed by atoms with E-state index in [9.17, 15) is 9.59 Å². The molecule has 2 aliphatic rings. The van der Waals surface area contributed by atoms with Crippen LogP contribution in [0.25, 0.3) is 0 Å². The lowest BCUT2D eigenvalue weighted by Gasteiger charge is -2.36. The second kappa shape index (κ2) is 6.90. The summed E-state index contributed by atoms with van der Waals surface area (Å²) in [6.45, 7) is 2.82. The fraction of sp³-hybridized carbons (Fsp3) is 0.846. The molecule has 7 heteroatoms. The first-order chi connectivity index (χ1) is 9.59. The highest BCUT2D eigenvalue weighted by Crippen LogP contribution is 2.16. The monoisotopic (exact) mass is 286 g/mol. The van der Waals surface area contributed by atoms with E-state index in [1.165, 1.54) is 4.90 Å². The maximum absolute atomic E-state index is 12.4. The smallest absolute Gasteiger partial charge is 0.328 e. The number of morpholine rings is 1.